The molecule has 1 amide bonds. The van der Waals surface area contributed by atoms with Crippen molar-refractivity contribution in [3.05, 3.63) is 23.0 Å². The summed E-state index contributed by atoms with van der Waals surface area (Å²) in [6.45, 7) is 1.64. The minimum Gasteiger partial charge on any atom is -0.397 e. The molecule has 0 radical (unpaired) electrons. The van der Waals surface area contributed by atoms with Gasteiger partial charge in [0.1, 0.15) is 11.9 Å². The van der Waals surface area contributed by atoms with Crippen LogP contribution < -0.4 is 16.4 Å². The molecule has 0 saturated carbocycles. The van der Waals surface area contributed by atoms with Gasteiger partial charge in [0.2, 0.25) is 5.91 Å². The first kappa shape index (κ1) is 12.6. The molecule has 0 bridgehead atoms. The van der Waals surface area contributed by atoms with Crippen molar-refractivity contribution in [2.24, 2.45) is 0 Å². The maximum Gasteiger partial charge on any atom is 0.241 e. The molecule has 0 aliphatic rings. The van der Waals surface area contributed by atoms with Crippen molar-refractivity contribution in [1.29, 1.82) is 0 Å². The monoisotopic (exact) mass is 245 g/mol. The fraction of sp³-hybridized carbons (Fsp3) is 0.300. The van der Waals surface area contributed by atoms with E-state index < -0.39 is 11.9 Å². The molecule has 0 heterocycles. The van der Waals surface area contributed by atoms with Gasteiger partial charge in [-0.1, -0.05) is 11.6 Å². The second-order valence-corrected chi connectivity index (χ2v) is 3.74. The van der Waals surface area contributed by atoms with E-state index in [-0.39, 0.29) is 10.9 Å². The Balaban J connectivity index is 2.89. The first-order chi connectivity index (χ1) is 7.45. The Labute approximate surface area is 98.0 Å². The molecule has 4 N–H and O–H groups in total. The van der Waals surface area contributed by atoms with Crippen molar-refractivity contribution in [3.63, 3.8) is 0 Å². The second-order valence-electron chi connectivity index (χ2n) is 3.33. The number of carbonyl (C=O) groups excluding carboxylic acids is 1. The molecule has 4 nitrogen and oxygen atoms in total. The van der Waals surface area contributed by atoms with E-state index in [1.165, 1.54) is 13.1 Å². The van der Waals surface area contributed by atoms with Crippen LogP contribution in [0.2, 0.25) is 5.02 Å². The van der Waals surface area contributed by atoms with Crippen molar-refractivity contribution < 1.29 is 9.18 Å². The summed E-state index contributed by atoms with van der Waals surface area (Å²) >= 11 is 5.55. The molecule has 1 atom stereocenters. The number of halogens is 2. The molecule has 6 heteroatoms. The molecule has 1 aromatic rings. The molecule has 88 valence electrons. The number of nitrogens with two attached hydrogens (primary N) is 1. The minimum absolute atomic E-state index is 0.0457. The summed E-state index contributed by atoms with van der Waals surface area (Å²) < 4.78 is 13.2. The summed E-state index contributed by atoms with van der Waals surface area (Å²) in [4.78, 5) is 11.2. The Morgan fingerprint density at radius 3 is 2.75 bits per heavy atom. The lowest BCUT2D eigenvalue weighted by molar-refractivity contribution is -0.121. The third kappa shape index (κ3) is 2.76. The standard InChI is InChI=1S/C10H13ClFN3O/c1-5(10(16)14-2)15-9-4-7(12)6(11)3-8(9)13/h3-5,15H,13H2,1-2H3,(H,14,16). The van der Waals surface area contributed by atoms with Crippen molar-refractivity contribution in [2.45, 2.75) is 13.0 Å². The van der Waals surface area contributed by atoms with Gasteiger partial charge in [-0.2, -0.15) is 0 Å². The van der Waals surface area contributed by atoms with Crippen LogP contribution in [0.4, 0.5) is 15.8 Å². The van der Waals surface area contributed by atoms with E-state index >= 15 is 0 Å². The first-order valence-corrected chi connectivity index (χ1v) is 5.06. The predicted octanol–water partition coefficient (Wildman–Crippen LogP) is 1.61. The second kappa shape index (κ2) is 5.03. The van der Waals surface area contributed by atoms with Crippen LogP contribution in [0.3, 0.4) is 0 Å². The van der Waals surface area contributed by atoms with Crippen LogP contribution in [0.15, 0.2) is 12.1 Å². The predicted molar refractivity (Wildman–Crippen MR) is 63.0 cm³/mol. The van der Waals surface area contributed by atoms with Gasteiger partial charge in [0, 0.05) is 13.1 Å². The smallest absolute Gasteiger partial charge is 0.241 e. The lowest BCUT2D eigenvalue weighted by Gasteiger charge is -2.15. The maximum absolute atomic E-state index is 13.2. The highest BCUT2D eigenvalue weighted by molar-refractivity contribution is 6.31. The van der Waals surface area contributed by atoms with Crippen molar-refractivity contribution >= 4 is 28.9 Å². The number of nitrogens with one attached hydrogen (secondary N) is 2. The molecule has 16 heavy (non-hydrogen) atoms. The van der Waals surface area contributed by atoms with Crippen LogP contribution in [0.1, 0.15) is 6.92 Å². The number of rotatable bonds is 3. The summed E-state index contributed by atoms with van der Waals surface area (Å²) in [7, 11) is 1.52. The molecular formula is C10H13ClFN3O. The van der Waals surface area contributed by atoms with E-state index in [0.29, 0.717) is 11.4 Å². The molecule has 1 unspecified atom stereocenters. The maximum atomic E-state index is 13.2. The molecular weight excluding hydrogens is 233 g/mol. The fourth-order valence-electron chi connectivity index (χ4n) is 1.20. The number of benzene rings is 1. The van der Waals surface area contributed by atoms with Gasteiger partial charge in [-0.3, -0.25) is 4.79 Å². The van der Waals surface area contributed by atoms with Gasteiger partial charge in [-0.15, -0.1) is 0 Å². The Hall–Kier alpha value is -1.49. The molecule has 0 saturated heterocycles. The molecule has 1 rings (SSSR count). The van der Waals surface area contributed by atoms with E-state index in [9.17, 15) is 9.18 Å². The van der Waals surface area contributed by atoms with Crippen molar-refractivity contribution in [3.8, 4) is 0 Å². The number of nitrogen functional groups attached to an aromatic ring is 1. The van der Waals surface area contributed by atoms with Gasteiger partial charge in [0.15, 0.2) is 0 Å². The Morgan fingerprint density at radius 1 is 1.56 bits per heavy atom. The number of hydrogen-bond acceptors (Lipinski definition) is 3. The summed E-state index contributed by atoms with van der Waals surface area (Å²) in [5, 5.41) is 5.22. The highest BCUT2D eigenvalue weighted by atomic mass is 35.5. The zero-order valence-electron chi connectivity index (χ0n) is 8.97. The average Bonchev–Trinajstić information content (AvgIpc) is 2.24. The summed E-state index contributed by atoms with van der Waals surface area (Å²) in [5.74, 6) is -0.794. The van der Waals surface area contributed by atoms with E-state index in [1.807, 2.05) is 0 Å². The van der Waals surface area contributed by atoms with E-state index in [0.717, 1.165) is 6.07 Å². The van der Waals surface area contributed by atoms with Crippen LogP contribution in [0, 0.1) is 5.82 Å². The van der Waals surface area contributed by atoms with Crippen LogP contribution in [-0.2, 0) is 4.79 Å². The largest absolute Gasteiger partial charge is 0.397 e. The number of carbonyl (C=O) groups is 1. The molecule has 0 aliphatic heterocycles. The number of anilines is 2. The van der Waals surface area contributed by atoms with Crippen LogP contribution in [-0.4, -0.2) is 19.0 Å². The van der Waals surface area contributed by atoms with Gasteiger partial charge in [-0.05, 0) is 13.0 Å². The number of likely N-dealkylation sites (N-methyl/N-ethyl adjacent to an activating group) is 1. The third-order valence-corrected chi connectivity index (χ3v) is 2.39. The van der Waals surface area contributed by atoms with Crippen molar-refractivity contribution in [2.75, 3.05) is 18.1 Å². The van der Waals surface area contributed by atoms with Crippen LogP contribution in [0.5, 0.6) is 0 Å². The Bertz CT molecular complexity index is 411. The van der Waals surface area contributed by atoms with E-state index in [1.54, 1.807) is 6.92 Å². The Morgan fingerprint density at radius 2 is 2.19 bits per heavy atom. The number of hydrogen-bond donors (Lipinski definition) is 3. The summed E-state index contributed by atoms with van der Waals surface area (Å²) in [5.41, 5.74) is 6.27. The molecule has 0 spiro atoms. The van der Waals surface area contributed by atoms with Gasteiger partial charge in [0.25, 0.3) is 0 Å². The van der Waals surface area contributed by atoms with E-state index in [2.05, 4.69) is 10.6 Å². The highest BCUT2D eigenvalue weighted by Gasteiger charge is 2.13. The van der Waals surface area contributed by atoms with Crippen LogP contribution >= 0.6 is 11.6 Å². The highest BCUT2D eigenvalue weighted by Crippen LogP contribution is 2.26. The topological polar surface area (TPSA) is 67.2 Å². The molecule has 0 aromatic heterocycles. The third-order valence-electron chi connectivity index (χ3n) is 2.10. The van der Waals surface area contributed by atoms with Gasteiger partial charge >= 0.3 is 0 Å². The minimum atomic E-state index is -0.581. The van der Waals surface area contributed by atoms with Gasteiger partial charge < -0.3 is 16.4 Å². The lowest BCUT2D eigenvalue weighted by Crippen LogP contribution is -2.35. The lowest BCUT2D eigenvalue weighted by atomic mass is 10.2. The first-order valence-electron chi connectivity index (χ1n) is 4.68. The normalized spacial score (nSPS) is 12.0. The van der Waals surface area contributed by atoms with Gasteiger partial charge in [-0.25, -0.2) is 4.39 Å². The number of amides is 1. The molecule has 0 fully saturated rings. The van der Waals surface area contributed by atoms with Crippen LogP contribution in [0.25, 0.3) is 0 Å². The summed E-state index contributed by atoms with van der Waals surface area (Å²) in [6.07, 6.45) is 0. The van der Waals surface area contributed by atoms with E-state index in [4.69, 9.17) is 17.3 Å². The quantitative estimate of drug-likeness (QED) is 0.709. The SMILES string of the molecule is CNC(=O)C(C)Nc1cc(F)c(Cl)cc1N. The summed E-state index contributed by atoms with van der Waals surface area (Å²) in [6, 6.07) is 1.96. The van der Waals surface area contributed by atoms with Gasteiger partial charge in [0.05, 0.1) is 16.4 Å². The zero-order chi connectivity index (χ0) is 12.3. The molecule has 0 aliphatic carbocycles. The molecule has 1 aromatic carbocycles. The average molecular weight is 246 g/mol. The fourth-order valence-corrected chi connectivity index (χ4v) is 1.37. The van der Waals surface area contributed by atoms with Crippen molar-refractivity contribution in [1.82, 2.24) is 5.32 Å². The Kier molecular flexibility index (Phi) is 3.95. The zero-order valence-corrected chi connectivity index (χ0v) is 9.73.